The van der Waals surface area contributed by atoms with Gasteiger partial charge in [0.05, 0.1) is 0 Å². The van der Waals surface area contributed by atoms with E-state index in [4.69, 9.17) is 9.47 Å². The largest absolute Gasteiger partial charge is 0.488 e. The Morgan fingerprint density at radius 1 is 1.03 bits per heavy atom. The van der Waals surface area contributed by atoms with Gasteiger partial charge in [0.1, 0.15) is 18.2 Å². The van der Waals surface area contributed by atoms with Crippen molar-refractivity contribution in [3.8, 4) is 5.75 Å². The zero-order chi connectivity index (χ0) is 20.2. The first-order chi connectivity index (χ1) is 14.1. The summed E-state index contributed by atoms with van der Waals surface area (Å²) in [5.41, 5.74) is 3.53. The molecule has 5 heteroatoms. The molecule has 29 heavy (non-hydrogen) atoms. The van der Waals surface area contributed by atoms with Gasteiger partial charge in [-0.3, -0.25) is 0 Å². The van der Waals surface area contributed by atoms with Crippen LogP contribution in [0.5, 0.6) is 5.75 Å². The molecule has 0 fully saturated rings. The minimum absolute atomic E-state index is 0.209. The number of esters is 1. The Morgan fingerprint density at radius 2 is 1.79 bits per heavy atom. The van der Waals surface area contributed by atoms with Crippen molar-refractivity contribution >= 4 is 17.9 Å². The van der Waals surface area contributed by atoms with Crippen molar-refractivity contribution in [3.05, 3.63) is 107 Å². The van der Waals surface area contributed by atoms with Crippen LogP contribution in [0.2, 0.25) is 0 Å². The molecule has 1 heterocycles. The van der Waals surface area contributed by atoms with Crippen molar-refractivity contribution in [3.63, 3.8) is 0 Å². The molecule has 4 nitrogen and oxygen atoms in total. The predicted molar refractivity (Wildman–Crippen MR) is 109 cm³/mol. The number of halogens is 1. The van der Waals surface area contributed by atoms with Crippen molar-refractivity contribution < 1.29 is 18.7 Å². The van der Waals surface area contributed by atoms with Gasteiger partial charge in [-0.1, -0.05) is 42.0 Å². The summed E-state index contributed by atoms with van der Waals surface area (Å²) in [7, 11) is 0. The zero-order valence-electron chi connectivity index (χ0n) is 15.8. The number of cyclic esters (lactones) is 1. The van der Waals surface area contributed by atoms with E-state index >= 15 is 0 Å². The first-order valence-corrected chi connectivity index (χ1v) is 9.14. The standard InChI is InChI=1S/C24H18FNO3/c1-16-7-12-22(28-15-17-8-10-20(25)11-9-17)19(13-16)14-21-24(27)29-23(26-21)18-5-3-2-4-6-18/h2-14H,15H2,1H3/b21-14+. The fourth-order valence-electron chi connectivity index (χ4n) is 2.91. The average molecular weight is 387 g/mol. The lowest BCUT2D eigenvalue weighted by Crippen LogP contribution is -2.05. The maximum Gasteiger partial charge on any atom is 0.363 e. The molecule has 0 bridgehead atoms. The quantitative estimate of drug-likeness (QED) is 0.454. The minimum Gasteiger partial charge on any atom is -0.488 e. The molecule has 0 atom stereocenters. The molecule has 0 saturated carbocycles. The number of ether oxygens (including phenoxy) is 2. The summed E-state index contributed by atoms with van der Waals surface area (Å²) in [6.45, 7) is 2.24. The molecule has 0 N–H and O–H groups in total. The van der Waals surface area contributed by atoms with E-state index in [1.807, 2.05) is 55.5 Å². The molecule has 0 spiro atoms. The van der Waals surface area contributed by atoms with Crippen molar-refractivity contribution in [2.24, 2.45) is 4.99 Å². The number of benzene rings is 3. The molecule has 3 aromatic carbocycles. The predicted octanol–water partition coefficient (Wildman–Crippen LogP) is 5.06. The van der Waals surface area contributed by atoms with E-state index in [2.05, 4.69) is 4.99 Å². The van der Waals surface area contributed by atoms with Gasteiger partial charge < -0.3 is 9.47 Å². The molecule has 4 rings (SSSR count). The smallest absolute Gasteiger partial charge is 0.363 e. The van der Waals surface area contributed by atoms with Crippen LogP contribution in [0.3, 0.4) is 0 Å². The molecular formula is C24H18FNO3. The van der Waals surface area contributed by atoms with E-state index in [0.717, 1.165) is 22.3 Å². The van der Waals surface area contributed by atoms with Crippen LogP contribution in [0.15, 0.2) is 83.5 Å². The van der Waals surface area contributed by atoms with Gasteiger partial charge in [0.15, 0.2) is 5.70 Å². The topological polar surface area (TPSA) is 47.9 Å². The van der Waals surface area contributed by atoms with E-state index < -0.39 is 5.97 Å². The Kier molecular flexibility index (Phi) is 5.20. The second-order valence-corrected chi connectivity index (χ2v) is 6.66. The molecule has 1 aliphatic rings. The Morgan fingerprint density at radius 3 is 2.55 bits per heavy atom. The van der Waals surface area contributed by atoms with Crippen LogP contribution in [0.1, 0.15) is 22.3 Å². The second kappa shape index (κ2) is 8.10. The summed E-state index contributed by atoms with van der Waals surface area (Å²) < 4.78 is 24.3. The Labute approximate surface area is 167 Å². The second-order valence-electron chi connectivity index (χ2n) is 6.66. The van der Waals surface area contributed by atoms with Crippen LogP contribution in [0.4, 0.5) is 4.39 Å². The highest BCUT2D eigenvalue weighted by molar-refractivity contribution is 6.12. The van der Waals surface area contributed by atoms with Gasteiger partial charge in [-0.15, -0.1) is 0 Å². The third kappa shape index (κ3) is 4.41. The number of carbonyl (C=O) groups excluding carboxylic acids is 1. The Balaban J connectivity index is 1.60. The molecule has 0 unspecified atom stereocenters. The molecule has 0 radical (unpaired) electrons. The van der Waals surface area contributed by atoms with Crippen molar-refractivity contribution in [1.29, 1.82) is 0 Å². The van der Waals surface area contributed by atoms with Crippen molar-refractivity contribution in [2.45, 2.75) is 13.5 Å². The van der Waals surface area contributed by atoms with Crippen molar-refractivity contribution in [2.75, 3.05) is 0 Å². The van der Waals surface area contributed by atoms with E-state index in [1.54, 1.807) is 18.2 Å². The van der Waals surface area contributed by atoms with E-state index in [-0.39, 0.29) is 24.0 Å². The molecule has 1 aliphatic heterocycles. The van der Waals surface area contributed by atoms with Crippen LogP contribution in [0, 0.1) is 12.7 Å². The van der Waals surface area contributed by atoms with Gasteiger partial charge in [0.2, 0.25) is 5.90 Å². The third-order valence-electron chi connectivity index (χ3n) is 4.41. The number of aryl methyl sites for hydroxylation is 1. The molecule has 0 saturated heterocycles. The average Bonchev–Trinajstić information content (AvgIpc) is 3.10. The number of carbonyl (C=O) groups is 1. The maximum absolute atomic E-state index is 13.1. The number of hydrogen-bond acceptors (Lipinski definition) is 4. The molecule has 0 amide bonds. The van der Waals surface area contributed by atoms with Gasteiger partial charge >= 0.3 is 5.97 Å². The summed E-state index contributed by atoms with van der Waals surface area (Å²) in [6, 6.07) is 21.1. The van der Waals surface area contributed by atoms with E-state index in [9.17, 15) is 9.18 Å². The summed E-state index contributed by atoms with van der Waals surface area (Å²) in [5.74, 6) is 0.0862. The van der Waals surface area contributed by atoms with Crippen molar-refractivity contribution in [1.82, 2.24) is 0 Å². The summed E-state index contributed by atoms with van der Waals surface area (Å²) in [6.07, 6.45) is 1.66. The lowest BCUT2D eigenvalue weighted by Gasteiger charge is -2.10. The number of aliphatic imine (C=N–C) groups is 1. The fraction of sp³-hybridized carbons (Fsp3) is 0.0833. The normalized spacial score (nSPS) is 14.6. The zero-order valence-corrected chi connectivity index (χ0v) is 15.8. The SMILES string of the molecule is Cc1ccc(OCc2ccc(F)cc2)c(/C=C2/N=C(c3ccccc3)OC2=O)c1. The van der Waals surface area contributed by atoms with Crippen LogP contribution in [0.25, 0.3) is 6.08 Å². The minimum atomic E-state index is -0.505. The van der Waals surface area contributed by atoms with E-state index in [0.29, 0.717) is 5.75 Å². The molecule has 3 aromatic rings. The van der Waals surface area contributed by atoms with Gasteiger partial charge in [-0.05, 0) is 55.0 Å². The lowest BCUT2D eigenvalue weighted by molar-refractivity contribution is -0.129. The van der Waals surface area contributed by atoms with Crippen LogP contribution in [-0.2, 0) is 16.1 Å². The Hall–Kier alpha value is -3.73. The molecule has 0 aliphatic carbocycles. The first-order valence-electron chi connectivity index (χ1n) is 9.14. The fourth-order valence-corrected chi connectivity index (χ4v) is 2.91. The number of rotatable bonds is 5. The number of nitrogens with zero attached hydrogens (tertiary/aromatic N) is 1. The third-order valence-corrected chi connectivity index (χ3v) is 4.41. The molecular weight excluding hydrogens is 369 g/mol. The van der Waals surface area contributed by atoms with Gasteiger partial charge in [0.25, 0.3) is 0 Å². The summed E-state index contributed by atoms with van der Waals surface area (Å²) in [5, 5.41) is 0. The van der Waals surface area contributed by atoms with E-state index in [1.165, 1.54) is 12.1 Å². The monoisotopic (exact) mass is 387 g/mol. The highest BCUT2D eigenvalue weighted by Gasteiger charge is 2.24. The number of hydrogen-bond donors (Lipinski definition) is 0. The van der Waals surface area contributed by atoms with Crippen LogP contribution < -0.4 is 4.74 Å². The maximum atomic E-state index is 13.1. The Bertz CT molecular complexity index is 1100. The van der Waals surface area contributed by atoms with Gasteiger partial charge in [-0.2, -0.15) is 0 Å². The lowest BCUT2D eigenvalue weighted by atomic mass is 10.1. The summed E-state index contributed by atoms with van der Waals surface area (Å²) >= 11 is 0. The van der Waals surface area contributed by atoms with Crippen LogP contribution in [-0.4, -0.2) is 11.9 Å². The molecule has 144 valence electrons. The first kappa shape index (κ1) is 18.6. The van der Waals surface area contributed by atoms with Crippen LogP contribution >= 0.6 is 0 Å². The highest BCUT2D eigenvalue weighted by atomic mass is 19.1. The summed E-state index contributed by atoms with van der Waals surface area (Å²) in [4.78, 5) is 16.6. The molecule has 0 aromatic heterocycles. The van der Waals surface area contributed by atoms with Gasteiger partial charge in [-0.25, -0.2) is 14.2 Å². The van der Waals surface area contributed by atoms with Gasteiger partial charge in [0, 0.05) is 11.1 Å². The highest BCUT2D eigenvalue weighted by Crippen LogP contribution is 2.26.